The molecule has 25 heavy (non-hydrogen) atoms. The molecule has 0 unspecified atom stereocenters. The first-order chi connectivity index (χ1) is 11.7. The largest absolute Gasteiger partial charge is 0.271 e. The summed E-state index contributed by atoms with van der Waals surface area (Å²) in [5.41, 5.74) is 1.59. The van der Waals surface area contributed by atoms with E-state index in [1.165, 1.54) is 10.7 Å². The summed E-state index contributed by atoms with van der Waals surface area (Å²) in [6, 6.07) is 3.38. The maximum atomic E-state index is 13.3. The minimum Gasteiger partial charge on any atom is -0.271 e. The number of rotatable bonds is 4. The van der Waals surface area contributed by atoms with Gasteiger partial charge in [-0.25, -0.2) is 22.2 Å². The van der Waals surface area contributed by atoms with E-state index in [1.807, 2.05) is 0 Å². The predicted octanol–water partition coefficient (Wildman–Crippen LogP) is 3.24. The summed E-state index contributed by atoms with van der Waals surface area (Å²) in [5, 5.41) is 5.78. The average Bonchev–Trinajstić information content (AvgIpc) is 3.06. The fraction of sp³-hybridized carbons (Fsp3) is 0.200. The van der Waals surface area contributed by atoms with Crippen molar-refractivity contribution in [2.45, 2.75) is 18.7 Å². The van der Waals surface area contributed by atoms with E-state index < -0.39 is 21.7 Å². The molecule has 0 radical (unpaired) electrons. The first-order valence-corrected chi connectivity index (χ1v) is 9.49. The van der Waals surface area contributed by atoms with E-state index in [-0.39, 0.29) is 10.0 Å². The molecule has 0 spiro atoms. The number of aromatic nitrogens is 3. The molecule has 0 fully saturated rings. The molecule has 0 bridgehead atoms. The molecule has 0 aliphatic heterocycles. The van der Waals surface area contributed by atoms with Crippen LogP contribution >= 0.6 is 11.3 Å². The van der Waals surface area contributed by atoms with E-state index in [4.69, 9.17) is 0 Å². The molecule has 0 aliphatic rings. The quantitative estimate of drug-likeness (QED) is 0.749. The number of benzene rings is 1. The number of hydrogen-bond acceptors (Lipinski definition) is 5. The lowest BCUT2D eigenvalue weighted by Crippen LogP contribution is -2.14. The van der Waals surface area contributed by atoms with Gasteiger partial charge in [-0.05, 0) is 32.0 Å². The third kappa shape index (κ3) is 3.27. The molecule has 1 aromatic carbocycles. The molecule has 2 aromatic heterocycles. The monoisotopic (exact) mass is 384 g/mol. The lowest BCUT2D eigenvalue weighted by atomic mass is 10.2. The molecule has 0 saturated heterocycles. The van der Waals surface area contributed by atoms with Gasteiger partial charge in [-0.3, -0.25) is 9.40 Å². The molecular weight excluding hydrogens is 370 g/mol. The highest BCUT2D eigenvalue weighted by atomic mass is 32.2. The Morgan fingerprint density at radius 2 is 1.92 bits per heavy atom. The number of anilines is 1. The van der Waals surface area contributed by atoms with Gasteiger partial charge in [0.1, 0.15) is 4.90 Å². The Hall–Kier alpha value is -2.33. The summed E-state index contributed by atoms with van der Waals surface area (Å²) in [5.74, 6) is -1.95. The molecule has 0 saturated carbocycles. The van der Waals surface area contributed by atoms with Crippen molar-refractivity contribution in [3.05, 3.63) is 46.6 Å². The fourth-order valence-corrected chi connectivity index (χ4v) is 4.83. The minimum atomic E-state index is -3.86. The van der Waals surface area contributed by atoms with Crippen molar-refractivity contribution < 1.29 is 17.2 Å². The molecule has 3 rings (SSSR count). The van der Waals surface area contributed by atoms with Gasteiger partial charge in [-0.2, -0.15) is 5.10 Å². The van der Waals surface area contributed by atoms with Crippen molar-refractivity contribution in [2.75, 3.05) is 4.72 Å². The molecule has 0 aliphatic carbocycles. The number of hydrogen-bond donors (Lipinski definition) is 1. The second-order valence-electron chi connectivity index (χ2n) is 5.40. The maximum absolute atomic E-state index is 13.3. The highest BCUT2D eigenvalue weighted by Crippen LogP contribution is 2.28. The maximum Gasteiger partial charge on any atom is 0.267 e. The normalized spacial score (nSPS) is 11.7. The standard InChI is InChI=1S/C15H14F2N4O2S2/c1-8-14(9(2)21(3)19-8)25(22,23)20-15-18-13(7-24-15)10-4-5-11(16)12(17)6-10/h4-7H,1-3H3,(H,18,20). The Kier molecular flexibility index (Phi) is 4.33. The summed E-state index contributed by atoms with van der Waals surface area (Å²) in [6.07, 6.45) is 0. The van der Waals surface area contributed by atoms with Crippen molar-refractivity contribution in [1.29, 1.82) is 0 Å². The number of nitrogens with one attached hydrogen (secondary N) is 1. The van der Waals surface area contributed by atoms with Crippen molar-refractivity contribution in [3.63, 3.8) is 0 Å². The first kappa shape index (κ1) is 17.5. The third-order valence-corrected chi connectivity index (χ3v) is 6.13. The Labute approximate surface area is 147 Å². The van der Waals surface area contributed by atoms with Crippen LogP contribution in [-0.4, -0.2) is 23.2 Å². The zero-order valence-corrected chi connectivity index (χ0v) is 15.2. The van der Waals surface area contributed by atoms with Crippen molar-refractivity contribution in [2.24, 2.45) is 7.05 Å². The van der Waals surface area contributed by atoms with Gasteiger partial charge in [-0.1, -0.05) is 0 Å². The molecule has 6 nitrogen and oxygen atoms in total. The van der Waals surface area contributed by atoms with Crippen molar-refractivity contribution in [3.8, 4) is 11.3 Å². The second kappa shape index (κ2) is 6.19. The molecule has 2 heterocycles. The van der Waals surface area contributed by atoms with Crippen LogP contribution in [-0.2, 0) is 17.1 Å². The molecule has 0 atom stereocenters. The highest BCUT2D eigenvalue weighted by molar-refractivity contribution is 7.93. The summed E-state index contributed by atoms with van der Waals surface area (Å²) in [4.78, 5) is 4.24. The number of thiazole rings is 1. The number of aryl methyl sites for hydroxylation is 2. The van der Waals surface area contributed by atoms with Crippen LogP contribution < -0.4 is 4.72 Å². The van der Waals surface area contributed by atoms with E-state index in [9.17, 15) is 17.2 Å². The number of sulfonamides is 1. The van der Waals surface area contributed by atoms with Gasteiger partial charge in [-0.15, -0.1) is 11.3 Å². The Balaban J connectivity index is 1.91. The first-order valence-electron chi connectivity index (χ1n) is 7.13. The summed E-state index contributed by atoms with van der Waals surface area (Å²) in [6.45, 7) is 3.26. The second-order valence-corrected chi connectivity index (χ2v) is 7.87. The van der Waals surface area contributed by atoms with Gasteiger partial charge in [0.2, 0.25) is 0 Å². The number of halogens is 2. The van der Waals surface area contributed by atoms with Crippen molar-refractivity contribution >= 4 is 26.5 Å². The third-order valence-electron chi connectivity index (χ3n) is 3.65. The summed E-state index contributed by atoms with van der Waals surface area (Å²) >= 11 is 1.05. The molecule has 0 amide bonds. The lowest BCUT2D eigenvalue weighted by molar-refractivity contribution is 0.509. The van der Waals surface area contributed by atoms with Crippen LogP contribution in [0.4, 0.5) is 13.9 Å². The van der Waals surface area contributed by atoms with Crippen LogP contribution in [0.25, 0.3) is 11.3 Å². The Morgan fingerprint density at radius 3 is 2.52 bits per heavy atom. The molecule has 132 valence electrons. The van der Waals surface area contributed by atoms with Gasteiger partial charge < -0.3 is 0 Å². The van der Waals surface area contributed by atoms with Gasteiger partial charge in [0.25, 0.3) is 10.0 Å². The zero-order valence-electron chi connectivity index (χ0n) is 13.5. The fourth-order valence-electron chi connectivity index (χ4n) is 2.42. The van der Waals surface area contributed by atoms with Gasteiger partial charge in [0.05, 0.1) is 17.1 Å². The molecule has 3 aromatic rings. The number of nitrogens with zero attached hydrogens (tertiary/aromatic N) is 3. The van der Waals surface area contributed by atoms with Crippen LogP contribution in [0.15, 0.2) is 28.5 Å². The van der Waals surface area contributed by atoms with Crippen LogP contribution in [0.2, 0.25) is 0 Å². The van der Waals surface area contributed by atoms with Crippen LogP contribution in [0.1, 0.15) is 11.4 Å². The van der Waals surface area contributed by atoms with E-state index >= 15 is 0 Å². The zero-order chi connectivity index (χ0) is 18.4. The van der Waals surface area contributed by atoms with Gasteiger partial charge in [0.15, 0.2) is 16.8 Å². The summed E-state index contributed by atoms with van der Waals surface area (Å²) in [7, 11) is -2.20. The van der Waals surface area contributed by atoms with E-state index in [2.05, 4.69) is 14.8 Å². The topological polar surface area (TPSA) is 76.9 Å². The predicted molar refractivity (Wildman–Crippen MR) is 91.0 cm³/mol. The van der Waals surface area contributed by atoms with Gasteiger partial charge >= 0.3 is 0 Å². The van der Waals surface area contributed by atoms with E-state index in [1.54, 1.807) is 26.3 Å². The molecular formula is C15H14F2N4O2S2. The Bertz CT molecular complexity index is 1060. The van der Waals surface area contributed by atoms with Crippen molar-refractivity contribution in [1.82, 2.24) is 14.8 Å². The highest BCUT2D eigenvalue weighted by Gasteiger charge is 2.25. The smallest absolute Gasteiger partial charge is 0.267 e. The molecule has 1 N–H and O–H groups in total. The average molecular weight is 384 g/mol. The van der Waals surface area contributed by atoms with E-state index in [0.29, 0.717) is 22.6 Å². The summed E-state index contributed by atoms with van der Waals surface area (Å²) < 4.78 is 55.4. The lowest BCUT2D eigenvalue weighted by Gasteiger charge is -2.05. The SMILES string of the molecule is Cc1nn(C)c(C)c1S(=O)(=O)Nc1nc(-c2ccc(F)c(F)c2)cs1. The van der Waals surface area contributed by atoms with Crippen LogP contribution in [0, 0.1) is 25.5 Å². The minimum absolute atomic E-state index is 0.0968. The van der Waals surface area contributed by atoms with Gasteiger partial charge in [0, 0.05) is 18.0 Å². The van der Waals surface area contributed by atoms with Crippen LogP contribution in [0.5, 0.6) is 0 Å². The van der Waals surface area contributed by atoms with E-state index in [0.717, 1.165) is 23.5 Å². The molecule has 10 heteroatoms. The Morgan fingerprint density at radius 1 is 1.20 bits per heavy atom. The van der Waals surface area contributed by atoms with Crippen LogP contribution in [0.3, 0.4) is 0 Å².